The molecule has 2 aromatic heterocycles. The first-order valence-electron chi connectivity index (χ1n) is 11.6. The molecule has 10 heteroatoms. The van der Waals surface area contributed by atoms with Crippen molar-refractivity contribution in [2.45, 2.75) is 43.8 Å². The molecular weight excluding hydrogens is 446 g/mol. The molecular formula is C24H24F2N4O4. The van der Waals surface area contributed by atoms with Crippen LogP contribution < -0.4 is 9.47 Å². The highest BCUT2D eigenvalue weighted by molar-refractivity contribution is 5.95. The molecule has 2 fully saturated rings. The fourth-order valence-corrected chi connectivity index (χ4v) is 5.11. The Labute approximate surface area is 194 Å². The second-order valence-electron chi connectivity index (χ2n) is 9.00. The predicted octanol–water partition coefficient (Wildman–Crippen LogP) is 4.19. The molecule has 0 bridgehead atoms. The highest BCUT2D eigenvalue weighted by atomic mass is 19.3. The number of carbonyl (C=O) groups excluding carboxylic acids is 1. The van der Waals surface area contributed by atoms with Crippen molar-refractivity contribution < 1.29 is 27.8 Å². The summed E-state index contributed by atoms with van der Waals surface area (Å²) in [6.07, 6.45) is 1.58. The highest BCUT2D eigenvalue weighted by Crippen LogP contribution is 2.41. The highest BCUT2D eigenvalue weighted by Gasteiger charge is 2.43. The number of likely N-dealkylation sites (tertiary alicyclic amines) is 1. The number of rotatable bonds is 3. The fourth-order valence-electron chi connectivity index (χ4n) is 5.11. The van der Waals surface area contributed by atoms with E-state index in [1.807, 2.05) is 6.07 Å². The molecule has 1 N–H and O–H groups in total. The summed E-state index contributed by atoms with van der Waals surface area (Å²) in [7, 11) is 0. The number of H-pyrrole nitrogens is 1. The lowest BCUT2D eigenvalue weighted by Crippen LogP contribution is -2.38. The van der Waals surface area contributed by atoms with Gasteiger partial charge in [0.15, 0.2) is 17.1 Å². The van der Waals surface area contributed by atoms with E-state index in [1.165, 1.54) is 23.8 Å². The zero-order valence-electron chi connectivity index (χ0n) is 18.4. The van der Waals surface area contributed by atoms with Crippen LogP contribution >= 0.6 is 0 Å². The monoisotopic (exact) mass is 470 g/mol. The van der Waals surface area contributed by atoms with E-state index in [9.17, 15) is 13.6 Å². The minimum Gasteiger partial charge on any atom is -0.395 e. The molecule has 3 aromatic rings. The molecule has 5 heterocycles. The number of pyridine rings is 1. The van der Waals surface area contributed by atoms with E-state index in [1.54, 1.807) is 11.1 Å². The molecule has 8 nitrogen and oxygen atoms in total. The SMILES string of the molecule is O=C(c1ccc2c(c1)OC(F)(F)O2)N1CCC(c2ccnc3nc(C4CCOCC4)[nH]c23)CC1. The van der Waals surface area contributed by atoms with E-state index in [-0.39, 0.29) is 23.3 Å². The average molecular weight is 470 g/mol. The number of nitrogens with zero attached hydrogens (tertiary/aromatic N) is 3. The quantitative estimate of drug-likeness (QED) is 0.617. The number of aromatic nitrogens is 3. The van der Waals surface area contributed by atoms with Crippen LogP contribution in [0.5, 0.6) is 11.5 Å². The van der Waals surface area contributed by atoms with E-state index in [4.69, 9.17) is 9.72 Å². The number of hydrogen-bond acceptors (Lipinski definition) is 6. The largest absolute Gasteiger partial charge is 0.586 e. The Bertz CT molecular complexity index is 1230. The third-order valence-electron chi connectivity index (χ3n) is 6.92. The molecule has 3 aliphatic rings. The first kappa shape index (κ1) is 21.3. The van der Waals surface area contributed by atoms with Crippen LogP contribution in [0.2, 0.25) is 0 Å². The molecule has 0 atom stereocenters. The second kappa shape index (κ2) is 8.19. The standard InChI is InChI=1S/C24H24F2N4O4/c25-24(26)33-18-2-1-16(13-19(18)34-24)23(31)30-9-4-14(5-10-30)17-3-8-27-22-20(17)28-21(29-22)15-6-11-32-12-7-15/h1-3,8,13-15H,4-7,9-12H2,(H,27,28,29). The maximum absolute atomic E-state index is 13.3. The summed E-state index contributed by atoms with van der Waals surface area (Å²) in [5.74, 6) is 1.21. The average Bonchev–Trinajstić information content (AvgIpc) is 3.43. The van der Waals surface area contributed by atoms with Gasteiger partial charge in [-0.05, 0) is 61.4 Å². The van der Waals surface area contributed by atoms with Gasteiger partial charge in [0.05, 0.1) is 5.52 Å². The third kappa shape index (κ3) is 3.85. The Balaban J connectivity index is 1.16. The Hall–Kier alpha value is -3.27. The molecule has 0 radical (unpaired) electrons. The lowest BCUT2D eigenvalue weighted by molar-refractivity contribution is -0.286. The Morgan fingerprint density at radius 3 is 2.59 bits per heavy atom. The molecule has 3 aliphatic heterocycles. The number of imidazole rings is 1. The summed E-state index contributed by atoms with van der Waals surface area (Å²) in [4.78, 5) is 27.5. The molecule has 178 valence electrons. The molecule has 0 saturated carbocycles. The predicted molar refractivity (Wildman–Crippen MR) is 117 cm³/mol. The number of fused-ring (bicyclic) bond motifs is 2. The number of alkyl halides is 2. The van der Waals surface area contributed by atoms with Crippen LogP contribution in [0.4, 0.5) is 8.78 Å². The van der Waals surface area contributed by atoms with Gasteiger partial charge >= 0.3 is 6.29 Å². The molecule has 1 amide bonds. The van der Waals surface area contributed by atoms with Crippen molar-refractivity contribution >= 4 is 17.1 Å². The van der Waals surface area contributed by atoms with E-state index < -0.39 is 6.29 Å². The van der Waals surface area contributed by atoms with Crippen molar-refractivity contribution in [3.05, 3.63) is 47.4 Å². The number of carbonyl (C=O) groups is 1. The minimum absolute atomic E-state index is 0.0679. The van der Waals surface area contributed by atoms with Crippen molar-refractivity contribution in [1.29, 1.82) is 0 Å². The van der Waals surface area contributed by atoms with Gasteiger partial charge in [0.25, 0.3) is 5.91 Å². The summed E-state index contributed by atoms with van der Waals surface area (Å²) in [6.45, 7) is 2.64. The number of ether oxygens (including phenoxy) is 3. The zero-order chi connectivity index (χ0) is 23.3. The van der Waals surface area contributed by atoms with Crippen molar-refractivity contribution in [3.63, 3.8) is 0 Å². The van der Waals surface area contributed by atoms with E-state index in [0.717, 1.165) is 55.9 Å². The van der Waals surface area contributed by atoms with Crippen LogP contribution in [0.25, 0.3) is 11.2 Å². The summed E-state index contributed by atoms with van der Waals surface area (Å²) in [6, 6.07) is 6.19. The summed E-state index contributed by atoms with van der Waals surface area (Å²) < 4.78 is 40.9. The van der Waals surface area contributed by atoms with Gasteiger partial charge in [-0.2, -0.15) is 0 Å². The number of benzene rings is 1. The van der Waals surface area contributed by atoms with Gasteiger partial charge in [0, 0.05) is 44.0 Å². The van der Waals surface area contributed by atoms with Crippen molar-refractivity contribution in [3.8, 4) is 11.5 Å². The summed E-state index contributed by atoms with van der Waals surface area (Å²) >= 11 is 0. The first-order valence-corrected chi connectivity index (χ1v) is 11.6. The van der Waals surface area contributed by atoms with E-state index in [2.05, 4.69) is 19.4 Å². The van der Waals surface area contributed by atoms with Crippen molar-refractivity contribution in [1.82, 2.24) is 19.9 Å². The molecule has 0 spiro atoms. The van der Waals surface area contributed by atoms with Crippen LogP contribution in [0.1, 0.15) is 59.3 Å². The van der Waals surface area contributed by atoms with Crippen LogP contribution in [0.3, 0.4) is 0 Å². The van der Waals surface area contributed by atoms with Gasteiger partial charge in [0.2, 0.25) is 0 Å². The fraction of sp³-hybridized carbons (Fsp3) is 0.458. The molecule has 0 aliphatic carbocycles. The number of amides is 1. The summed E-state index contributed by atoms with van der Waals surface area (Å²) in [5, 5.41) is 0. The summed E-state index contributed by atoms with van der Waals surface area (Å²) in [5.41, 5.74) is 3.19. The molecule has 1 aromatic carbocycles. The maximum Gasteiger partial charge on any atom is 0.586 e. The topological polar surface area (TPSA) is 89.6 Å². The lowest BCUT2D eigenvalue weighted by Gasteiger charge is -2.32. The second-order valence-corrected chi connectivity index (χ2v) is 9.00. The van der Waals surface area contributed by atoms with E-state index in [0.29, 0.717) is 24.6 Å². The lowest BCUT2D eigenvalue weighted by atomic mass is 9.89. The number of halogens is 2. The molecule has 6 rings (SSSR count). The molecule has 2 saturated heterocycles. The number of piperidine rings is 1. The number of hydrogen-bond donors (Lipinski definition) is 1. The zero-order valence-corrected chi connectivity index (χ0v) is 18.4. The van der Waals surface area contributed by atoms with Gasteiger partial charge in [-0.15, -0.1) is 8.78 Å². The normalized spacial score (nSPS) is 20.7. The number of aromatic amines is 1. The number of nitrogens with one attached hydrogen (secondary N) is 1. The molecule has 0 unspecified atom stereocenters. The Morgan fingerprint density at radius 2 is 1.79 bits per heavy atom. The van der Waals surface area contributed by atoms with Crippen LogP contribution in [-0.4, -0.2) is 58.4 Å². The van der Waals surface area contributed by atoms with Crippen molar-refractivity contribution in [2.24, 2.45) is 0 Å². The Morgan fingerprint density at radius 1 is 1.03 bits per heavy atom. The van der Waals surface area contributed by atoms with Crippen LogP contribution in [-0.2, 0) is 4.74 Å². The Kier molecular flexibility index (Phi) is 5.13. The van der Waals surface area contributed by atoms with E-state index >= 15 is 0 Å². The van der Waals surface area contributed by atoms with Gasteiger partial charge in [-0.1, -0.05) is 0 Å². The van der Waals surface area contributed by atoms with Gasteiger partial charge in [-0.25, -0.2) is 9.97 Å². The van der Waals surface area contributed by atoms with Gasteiger partial charge in [0.1, 0.15) is 5.82 Å². The third-order valence-corrected chi connectivity index (χ3v) is 6.92. The van der Waals surface area contributed by atoms with Crippen LogP contribution in [0, 0.1) is 0 Å². The van der Waals surface area contributed by atoms with Crippen LogP contribution in [0.15, 0.2) is 30.5 Å². The maximum atomic E-state index is 13.3. The van der Waals surface area contributed by atoms with Crippen molar-refractivity contribution in [2.75, 3.05) is 26.3 Å². The smallest absolute Gasteiger partial charge is 0.395 e. The van der Waals surface area contributed by atoms with Gasteiger partial charge in [-0.3, -0.25) is 4.79 Å². The van der Waals surface area contributed by atoms with Gasteiger partial charge < -0.3 is 24.1 Å². The first-order chi connectivity index (χ1) is 16.5. The molecule has 34 heavy (non-hydrogen) atoms. The minimum atomic E-state index is -3.70.